The Hall–Kier alpha value is -3.68. The van der Waals surface area contributed by atoms with Gasteiger partial charge in [0.25, 0.3) is 0 Å². The molecular weight excluding hydrogens is 436 g/mol. The fourth-order valence-corrected chi connectivity index (χ4v) is 3.58. The molecule has 0 aromatic heterocycles. The first-order valence-corrected chi connectivity index (χ1v) is 11.3. The molecule has 2 N–H and O–H groups in total. The number of hydrogen-bond donors (Lipinski definition) is 2. The molecule has 0 spiro atoms. The highest BCUT2D eigenvalue weighted by Gasteiger charge is 2.31. The topological polar surface area (TPSA) is 111 Å². The number of nitrogens with one attached hydrogen (secondary N) is 2. The molecule has 0 saturated heterocycles. The van der Waals surface area contributed by atoms with Crippen LogP contribution in [0.1, 0.15) is 72.4 Å². The van der Waals surface area contributed by atoms with E-state index in [4.69, 9.17) is 9.47 Å². The van der Waals surface area contributed by atoms with Crippen LogP contribution in [0.15, 0.2) is 42.5 Å². The Morgan fingerprint density at radius 2 is 1.56 bits per heavy atom. The summed E-state index contributed by atoms with van der Waals surface area (Å²) in [6.45, 7) is 7.47. The van der Waals surface area contributed by atoms with E-state index in [0.717, 1.165) is 0 Å². The number of anilines is 1. The number of carbonyl (C=O) groups excluding carboxylic acids is 4. The lowest BCUT2D eigenvalue weighted by molar-refractivity contribution is -0.145. The van der Waals surface area contributed by atoms with Crippen molar-refractivity contribution in [2.24, 2.45) is 0 Å². The summed E-state index contributed by atoms with van der Waals surface area (Å²) in [6.07, 6.45) is 0.578. The van der Waals surface area contributed by atoms with E-state index in [0.29, 0.717) is 47.3 Å². The quantitative estimate of drug-likeness (QED) is 0.380. The number of benzene rings is 2. The number of esters is 1. The molecule has 34 heavy (non-hydrogen) atoms. The molecule has 1 aliphatic carbocycles. The molecule has 0 fully saturated rings. The molecule has 8 heteroatoms. The molecule has 1 atom stereocenters. The van der Waals surface area contributed by atoms with Crippen LogP contribution in [0.3, 0.4) is 0 Å². The Bertz CT molecular complexity index is 1100. The summed E-state index contributed by atoms with van der Waals surface area (Å²) < 4.78 is 10.3. The largest absolute Gasteiger partial charge is 0.464 e. The molecule has 1 aliphatic rings. The van der Waals surface area contributed by atoms with Gasteiger partial charge in [0.2, 0.25) is 0 Å². The van der Waals surface area contributed by atoms with E-state index < -0.39 is 23.7 Å². The van der Waals surface area contributed by atoms with Crippen LogP contribution >= 0.6 is 0 Å². The van der Waals surface area contributed by atoms with Crippen LogP contribution < -0.4 is 10.6 Å². The summed E-state index contributed by atoms with van der Waals surface area (Å²) in [6, 6.07) is 11.2. The molecular formula is C26H30N2O6. The maximum Gasteiger partial charge on any atom is 0.408 e. The van der Waals surface area contributed by atoms with E-state index in [1.165, 1.54) is 6.92 Å². The smallest absolute Gasteiger partial charge is 0.408 e. The van der Waals surface area contributed by atoms with Crippen molar-refractivity contribution in [1.29, 1.82) is 0 Å². The van der Waals surface area contributed by atoms with Crippen LogP contribution in [0, 0.1) is 0 Å². The van der Waals surface area contributed by atoms with Crippen molar-refractivity contribution in [2.45, 2.75) is 52.2 Å². The zero-order valence-corrected chi connectivity index (χ0v) is 19.9. The molecule has 2 aromatic carbocycles. The van der Waals surface area contributed by atoms with Gasteiger partial charge in [-0.15, -0.1) is 0 Å². The van der Waals surface area contributed by atoms with Gasteiger partial charge in [-0.05, 0) is 46.6 Å². The van der Waals surface area contributed by atoms with Gasteiger partial charge in [0.1, 0.15) is 11.6 Å². The highest BCUT2D eigenvalue weighted by atomic mass is 16.6. The lowest BCUT2D eigenvalue weighted by Gasteiger charge is -2.21. The highest BCUT2D eigenvalue weighted by molar-refractivity contribution is 6.30. The Kier molecular flexibility index (Phi) is 7.71. The van der Waals surface area contributed by atoms with Crippen molar-refractivity contribution in [1.82, 2.24) is 5.32 Å². The van der Waals surface area contributed by atoms with Crippen molar-refractivity contribution in [3.8, 4) is 0 Å². The van der Waals surface area contributed by atoms with Crippen LogP contribution in [0.25, 0.3) is 0 Å². The monoisotopic (exact) mass is 466 g/mol. The number of hydrogen-bond acceptors (Lipinski definition) is 7. The molecule has 0 heterocycles. The van der Waals surface area contributed by atoms with Crippen LogP contribution in [0.2, 0.25) is 0 Å². The number of unbranched alkanes of at least 4 members (excludes halogenated alkanes) is 1. The third-order valence-electron chi connectivity index (χ3n) is 5.17. The first-order chi connectivity index (χ1) is 16.1. The van der Waals surface area contributed by atoms with Gasteiger partial charge in [-0.3, -0.25) is 9.59 Å². The second-order valence-electron chi connectivity index (χ2n) is 9.10. The number of amides is 1. The lowest BCUT2D eigenvalue weighted by Crippen LogP contribution is -2.42. The van der Waals surface area contributed by atoms with Crippen LogP contribution in [-0.2, 0) is 14.3 Å². The number of rotatable bonds is 8. The van der Waals surface area contributed by atoms with Crippen LogP contribution in [0.4, 0.5) is 10.5 Å². The Morgan fingerprint density at radius 3 is 2.24 bits per heavy atom. The third-order valence-corrected chi connectivity index (χ3v) is 5.17. The maximum atomic E-state index is 13.0. The summed E-state index contributed by atoms with van der Waals surface area (Å²) in [7, 11) is 0. The lowest BCUT2D eigenvalue weighted by atomic mass is 9.83. The number of fused-ring (bicyclic) bond motifs is 2. The molecule has 0 saturated carbocycles. The second-order valence-corrected chi connectivity index (χ2v) is 9.10. The zero-order valence-electron chi connectivity index (χ0n) is 19.9. The minimum atomic E-state index is -0.824. The summed E-state index contributed by atoms with van der Waals surface area (Å²) in [5.41, 5.74) is 1.58. The maximum absolute atomic E-state index is 13.0. The second kappa shape index (κ2) is 10.5. The minimum Gasteiger partial charge on any atom is -0.464 e. The molecule has 8 nitrogen and oxygen atoms in total. The summed E-state index contributed by atoms with van der Waals surface area (Å²) >= 11 is 0. The minimum absolute atomic E-state index is 0.158. The van der Waals surface area contributed by atoms with Gasteiger partial charge in [0.05, 0.1) is 12.2 Å². The molecule has 0 radical (unpaired) electrons. The summed E-state index contributed by atoms with van der Waals surface area (Å²) in [5.74, 6) is -0.873. The van der Waals surface area contributed by atoms with Crippen molar-refractivity contribution in [2.75, 3.05) is 18.5 Å². The molecule has 180 valence electrons. The highest BCUT2D eigenvalue weighted by Crippen LogP contribution is 2.31. The standard InChI is InChI=1S/C26H30N2O6/c1-16(28-25(32)34-26(2,3)4)24(31)33-15-8-7-14-27-20-13-9-12-19-21(20)23(30)18-11-6-5-10-17(18)22(19)29/h5-6,9-13,16,27H,7-8,14-15H2,1-4H3,(H,28,32)/t16-/m1/s1. The first kappa shape index (κ1) is 25.0. The van der Waals surface area contributed by atoms with E-state index in [1.54, 1.807) is 63.2 Å². The van der Waals surface area contributed by atoms with Crippen molar-refractivity contribution < 1.29 is 28.7 Å². The van der Waals surface area contributed by atoms with Crippen molar-refractivity contribution in [3.05, 3.63) is 64.7 Å². The number of alkyl carbamates (subject to hydrolysis) is 1. The average Bonchev–Trinajstić information content (AvgIpc) is 2.78. The predicted octanol–water partition coefficient (Wildman–Crippen LogP) is 4.11. The number of ether oxygens (including phenoxy) is 2. The van der Waals surface area contributed by atoms with E-state index >= 15 is 0 Å². The van der Waals surface area contributed by atoms with Gasteiger partial charge in [0, 0.05) is 28.9 Å². The molecule has 0 bridgehead atoms. The number of carbonyl (C=O) groups is 4. The Balaban J connectivity index is 1.46. The van der Waals surface area contributed by atoms with Crippen LogP contribution in [0.5, 0.6) is 0 Å². The molecule has 3 rings (SSSR count). The summed E-state index contributed by atoms with van der Waals surface area (Å²) in [5, 5.41) is 5.67. The van der Waals surface area contributed by atoms with Gasteiger partial charge in [-0.2, -0.15) is 0 Å². The Morgan fingerprint density at radius 1 is 0.912 bits per heavy atom. The normalized spacial score (nSPS) is 13.4. The molecule has 1 amide bonds. The summed E-state index contributed by atoms with van der Waals surface area (Å²) in [4.78, 5) is 49.6. The van der Waals surface area contributed by atoms with Gasteiger partial charge in [0.15, 0.2) is 11.6 Å². The van der Waals surface area contributed by atoms with Crippen molar-refractivity contribution >= 4 is 29.3 Å². The van der Waals surface area contributed by atoms with Crippen LogP contribution in [-0.4, -0.2) is 48.4 Å². The van der Waals surface area contributed by atoms with E-state index in [9.17, 15) is 19.2 Å². The van der Waals surface area contributed by atoms with Gasteiger partial charge < -0.3 is 20.1 Å². The first-order valence-electron chi connectivity index (χ1n) is 11.3. The fourth-order valence-electron chi connectivity index (χ4n) is 3.58. The van der Waals surface area contributed by atoms with E-state index in [2.05, 4.69) is 10.6 Å². The average molecular weight is 467 g/mol. The van der Waals surface area contributed by atoms with E-state index in [1.807, 2.05) is 0 Å². The fraction of sp³-hybridized carbons (Fsp3) is 0.385. The Labute approximate surface area is 199 Å². The van der Waals surface area contributed by atoms with Crippen molar-refractivity contribution in [3.63, 3.8) is 0 Å². The SMILES string of the molecule is C[C@@H](NC(=O)OC(C)(C)C)C(=O)OCCCCNc1cccc2c1C(=O)c1ccccc1C2=O. The van der Waals surface area contributed by atoms with Gasteiger partial charge in [-0.25, -0.2) is 9.59 Å². The number of ketones is 2. The predicted molar refractivity (Wildman–Crippen MR) is 127 cm³/mol. The zero-order chi connectivity index (χ0) is 24.9. The molecule has 0 aliphatic heterocycles. The van der Waals surface area contributed by atoms with Gasteiger partial charge in [-0.1, -0.05) is 36.4 Å². The van der Waals surface area contributed by atoms with E-state index in [-0.39, 0.29) is 18.2 Å². The molecule has 0 unspecified atom stereocenters. The third kappa shape index (κ3) is 6.01. The van der Waals surface area contributed by atoms with Gasteiger partial charge >= 0.3 is 12.1 Å². The molecule has 2 aromatic rings.